The van der Waals surface area contributed by atoms with E-state index in [1.165, 1.54) is 5.19 Å². The molecule has 0 fully saturated rings. The fourth-order valence-electron chi connectivity index (χ4n) is 1.82. The molecule has 0 radical (unpaired) electrons. The second-order valence-electron chi connectivity index (χ2n) is 5.05. The topological polar surface area (TPSA) is 27.7 Å². The summed E-state index contributed by atoms with van der Waals surface area (Å²) in [6.45, 7) is 7.41. The molecule has 0 aliphatic heterocycles. The van der Waals surface area contributed by atoms with E-state index in [2.05, 4.69) is 25.7 Å². The molecule has 1 rings (SSSR count). The monoisotopic (exact) mass is 254 g/mol. The zero-order valence-electron chi connectivity index (χ0n) is 11.6. The summed E-state index contributed by atoms with van der Waals surface area (Å²) < 4.78 is 16.1. The molecular formula is C13H22O3Si. The molecule has 4 heteroatoms. The summed E-state index contributed by atoms with van der Waals surface area (Å²) in [5.41, 5.74) is 1.02. The van der Waals surface area contributed by atoms with Crippen LogP contribution in [0.5, 0.6) is 11.5 Å². The second-order valence-corrected chi connectivity index (χ2v) is 10.1. The molecule has 0 atom stereocenters. The highest BCUT2D eigenvalue weighted by Gasteiger charge is 2.23. The first-order valence-electron chi connectivity index (χ1n) is 5.68. The minimum atomic E-state index is -1.44. The molecular weight excluding hydrogens is 232 g/mol. The molecule has 0 saturated heterocycles. The predicted octanol–water partition coefficient (Wildman–Crippen LogP) is 2.40. The quantitative estimate of drug-likeness (QED) is 0.755. The van der Waals surface area contributed by atoms with Crippen molar-refractivity contribution in [3.05, 3.63) is 17.7 Å². The van der Waals surface area contributed by atoms with E-state index in [0.29, 0.717) is 6.61 Å². The van der Waals surface area contributed by atoms with Gasteiger partial charge in [0, 0.05) is 12.7 Å². The first-order chi connectivity index (χ1) is 7.93. The average molecular weight is 254 g/mol. The van der Waals surface area contributed by atoms with Crippen LogP contribution < -0.4 is 14.7 Å². The van der Waals surface area contributed by atoms with Gasteiger partial charge in [-0.25, -0.2) is 0 Å². The first-order valence-corrected chi connectivity index (χ1v) is 9.18. The van der Waals surface area contributed by atoms with Gasteiger partial charge in [-0.15, -0.1) is 0 Å². The lowest BCUT2D eigenvalue weighted by molar-refractivity contribution is 0.181. The number of rotatable bonds is 5. The molecule has 17 heavy (non-hydrogen) atoms. The summed E-state index contributed by atoms with van der Waals surface area (Å²) in [4.78, 5) is 0. The Morgan fingerprint density at radius 3 is 1.94 bits per heavy atom. The van der Waals surface area contributed by atoms with Gasteiger partial charge in [-0.05, 0) is 17.3 Å². The molecule has 0 aliphatic carbocycles. The Bertz CT molecular complexity index is 383. The molecule has 0 bridgehead atoms. The van der Waals surface area contributed by atoms with Crippen LogP contribution in [0.2, 0.25) is 19.6 Å². The summed E-state index contributed by atoms with van der Waals surface area (Å²) in [6.07, 6.45) is 0. The van der Waals surface area contributed by atoms with Crippen molar-refractivity contribution >= 4 is 13.3 Å². The number of hydrogen-bond donors (Lipinski definition) is 0. The van der Waals surface area contributed by atoms with Gasteiger partial charge in [-0.2, -0.15) is 0 Å². The molecule has 96 valence electrons. The standard InChI is InChI=1S/C13H22O3Si/c1-14-9-10-7-12(16-3)13(17(4,5)6)8-11(10)15-2/h7-8H,9H2,1-6H3. The molecule has 0 heterocycles. The molecule has 0 N–H and O–H groups in total. The van der Waals surface area contributed by atoms with Gasteiger partial charge < -0.3 is 14.2 Å². The maximum absolute atomic E-state index is 5.48. The molecule has 1 aromatic rings. The maximum Gasteiger partial charge on any atom is 0.124 e. The van der Waals surface area contributed by atoms with E-state index in [1.54, 1.807) is 21.3 Å². The van der Waals surface area contributed by atoms with Crippen molar-refractivity contribution in [2.24, 2.45) is 0 Å². The fourth-order valence-corrected chi connectivity index (χ4v) is 3.29. The molecule has 0 spiro atoms. The molecule has 0 aromatic heterocycles. The third-order valence-electron chi connectivity index (χ3n) is 2.71. The summed E-state index contributed by atoms with van der Waals surface area (Å²) in [7, 11) is 3.64. The van der Waals surface area contributed by atoms with E-state index < -0.39 is 8.07 Å². The minimum absolute atomic E-state index is 0.533. The Morgan fingerprint density at radius 1 is 0.941 bits per heavy atom. The van der Waals surface area contributed by atoms with Gasteiger partial charge in [0.25, 0.3) is 0 Å². The summed E-state index contributed by atoms with van der Waals surface area (Å²) in [5, 5.41) is 1.27. The zero-order chi connectivity index (χ0) is 13.1. The van der Waals surface area contributed by atoms with Crippen LogP contribution in [-0.2, 0) is 11.3 Å². The van der Waals surface area contributed by atoms with Crippen LogP contribution in [0.15, 0.2) is 12.1 Å². The van der Waals surface area contributed by atoms with Crippen molar-refractivity contribution < 1.29 is 14.2 Å². The van der Waals surface area contributed by atoms with E-state index in [9.17, 15) is 0 Å². The van der Waals surface area contributed by atoms with Crippen LogP contribution >= 0.6 is 0 Å². The summed E-state index contributed by atoms with van der Waals surface area (Å²) in [6, 6.07) is 4.12. The van der Waals surface area contributed by atoms with Gasteiger partial charge in [0.15, 0.2) is 0 Å². The Hall–Kier alpha value is -1.00. The van der Waals surface area contributed by atoms with Crippen LogP contribution in [0, 0.1) is 0 Å². The first kappa shape index (κ1) is 14.1. The van der Waals surface area contributed by atoms with Crippen molar-refractivity contribution in [1.29, 1.82) is 0 Å². The van der Waals surface area contributed by atoms with Crippen LogP contribution in [0.4, 0.5) is 0 Å². The van der Waals surface area contributed by atoms with Crippen molar-refractivity contribution in [2.45, 2.75) is 26.2 Å². The fraction of sp³-hybridized carbons (Fsp3) is 0.538. The van der Waals surface area contributed by atoms with E-state index in [4.69, 9.17) is 14.2 Å². The minimum Gasteiger partial charge on any atom is -0.497 e. The zero-order valence-corrected chi connectivity index (χ0v) is 12.6. The number of ether oxygens (including phenoxy) is 3. The molecule has 0 unspecified atom stereocenters. The molecule has 0 aliphatic rings. The van der Waals surface area contributed by atoms with Crippen LogP contribution in [0.1, 0.15) is 5.56 Å². The molecule has 0 amide bonds. The molecule has 0 saturated carbocycles. The highest BCUT2D eigenvalue weighted by atomic mass is 28.3. The average Bonchev–Trinajstić information content (AvgIpc) is 2.27. The smallest absolute Gasteiger partial charge is 0.124 e. The number of hydrogen-bond acceptors (Lipinski definition) is 3. The van der Waals surface area contributed by atoms with Gasteiger partial charge in [0.1, 0.15) is 11.5 Å². The molecule has 3 nitrogen and oxygen atoms in total. The third-order valence-corrected chi connectivity index (χ3v) is 4.72. The van der Waals surface area contributed by atoms with Gasteiger partial charge in [0.2, 0.25) is 0 Å². The Labute approximate surface area is 105 Å². The van der Waals surface area contributed by atoms with Gasteiger partial charge in [-0.1, -0.05) is 19.6 Å². The normalized spacial score (nSPS) is 11.4. The van der Waals surface area contributed by atoms with Crippen LogP contribution in [0.25, 0.3) is 0 Å². The maximum atomic E-state index is 5.48. The largest absolute Gasteiger partial charge is 0.497 e. The van der Waals surface area contributed by atoms with E-state index in [0.717, 1.165) is 17.1 Å². The third kappa shape index (κ3) is 3.23. The van der Waals surface area contributed by atoms with Gasteiger partial charge in [-0.3, -0.25) is 0 Å². The Balaban J connectivity index is 3.33. The summed E-state index contributed by atoms with van der Waals surface area (Å²) in [5.74, 6) is 1.82. The van der Waals surface area contributed by atoms with E-state index >= 15 is 0 Å². The molecule has 1 aromatic carbocycles. The summed E-state index contributed by atoms with van der Waals surface area (Å²) >= 11 is 0. The highest BCUT2D eigenvalue weighted by Crippen LogP contribution is 2.25. The number of benzene rings is 1. The van der Waals surface area contributed by atoms with Crippen LogP contribution in [-0.4, -0.2) is 29.4 Å². The van der Waals surface area contributed by atoms with E-state index in [-0.39, 0.29) is 0 Å². The van der Waals surface area contributed by atoms with Gasteiger partial charge >= 0.3 is 0 Å². The van der Waals surface area contributed by atoms with Crippen molar-refractivity contribution in [1.82, 2.24) is 0 Å². The lowest BCUT2D eigenvalue weighted by Crippen LogP contribution is -2.38. The number of methoxy groups -OCH3 is 3. The van der Waals surface area contributed by atoms with Gasteiger partial charge in [0.05, 0.1) is 28.9 Å². The SMILES string of the molecule is COCc1cc(OC)c([Si](C)(C)C)cc1OC. The highest BCUT2D eigenvalue weighted by molar-refractivity contribution is 6.89. The van der Waals surface area contributed by atoms with Crippen LogP contribution in [0.3, 0.4) is 0 Å². The second kappa shape index (κ2) is 5.56. The lowest BCUT2D eigenvalue weighted by Gasteiger charge is -2.22. The lowest BCUT2D eigenvalue weighted by atomic mass is 10.2. The Kier molecular flexibility index (Phi) is 4.59. The van der Waals surface area contributed by atoms with Crippen molar-refractivity contribution in [3.8, 4) is 11.5 Å². The predicted molar refractivity (Wildman–Crippen MR) is 73.2 cm³/mol. The Morgan fingerprint density at radius 2 is 1.53 bits per heavy atom. The van der Waals surface area contributed by atoms with Crippen molar-refractivity contribution in [2.75, 3.05) is 21.3 Å². The van der Waals surface area contributed by atoms with E-state index in [1.807, 2.05) is 6.07 Å². The van der Waals surface area contributed by atoms with Crippen molar-refractivity contribution in [3.63, 3.8) is 0 Å².